The summed E-state index contributed by atoms with van der Waals surface area (Å²) in [5, 5.41) is 3.31. The maximum atomic E-state index is 12.5. The lowest BCUT2D eigenvalue weighted by Gasteiger charge is -2.14. The van der Waals surface area contributed by atoms with Gasteiger partial charge in [-0.3, -0.25) is 0 Å². The van der Waals surface area contributed by atoms with Crippen molar-refractivity contribution < 1.29 is 17.9 Å². The fraction of sp³-hybridized carbons (Fsp3) is 0.625. The highest BCUT2D eigenvalue weighted by molar-refractivity contribution is 5.30. The zero-order chi connectivity index (χ0) is 15.7. The molecule has 0 fully saturated rings. The van der Waals surface area contributed by atoms with Gasteiger partial charge in [0.15, 0.2) is 0 Å². The molecule has 21 heavy (non-hydrogen) atoms. The standard InChI is InChI=1S/C16H24F3NO/c1-3-4-5-7-13(2)20-10-11-21-15-9-6-8-14(12-15)16(17,18)19/h6,8-9,12-13,20H,3-5,7,10-11H2,1-2H3. The van der Waals surface area contributed by atoms with Crippen LogP contribution in [0.15, 0.2) is 24.3 Å². The van der Waals surface area contributed by atoms with Gasteiger partial charge in [0, 0.05) is 12.6 Å². The molecule has 0 saturated carbocycles. The number of halogens is 3. The molecule has 1 atom stereocenters. The quantitative estimate of drug-likeness (QED) is 0.671. The Balaban J connectivity index is 2.27. The highest BCUT2D eigenvalue weighted by Gasteiger charge is 2.30. The Morgan fingerprint density at radius 1 is 1.24 bits per heavy atom. The minimum atomic E-state index is -4.33. The third-order valence-corrected chi connectivity index (χ3v) is 3.27. The predicted octanol–water partition coefficient (Wildman–Crippen LogP) is 4.64. The number of hydrogen-bond acceptors (Lipinski definition) is 2. The van der Waals surface area contributed by atoms with Crippen LogP contribution in [0.5, 0.6) is 5.75 Å². The zero-order valence-corrected chi connectivity index (χ0v) is 12.7. The molecule has 1 unspecified atom stereocenters. The number of benzene rings is 1. The molecule has 0 amide bonds. The summed E-state index contributed by atoms with van der Waals surface area (Å²) in [4.78, 5) is 0. The van der Waals surface area contributed by atoms with Gasteiger partial charge in [-0.2, -0.15) is 13.2 Å². The Morgan fingerprint density at radius 2 is 2.00 bits per heavy atom. The van der Waals surface area contributed by atoms with Crippen molar-refractivity contribution in [1.29, 1.82) is 0 Å². The lowest BCUT2D eigenvalue weighted by atomic mass is 10.1. The van der Waals surface area contributed by atoms with Crippen LogP contribution in [0.2, 0.25) is 0 Å². The zero-order valence-electron chi connectivity index (χ0n) is 12.7. The molecule has 0 spiro atoms. The van der Waals surface area contributed by atoms with Crippen molar-refractivity contribution in [2.45, 2.75) is 51.7 Å². The molecular formula is C16H24F3NO. The van der Waals surface area contributed by atoms with Crippen LogP contribution in [0.1, 0.15) is 45.1 Å². The molecule has 120 valence electrons. The van der Waals surface area contributed by atoms with Gasteiger partial charge in [0.2, 0.25) is 0 Å². The molecule has 5 heteroatoms. The smallest absolute Gasteiger partial charge is 0.416 e. The van der Waals surface area contributed by atoms with Gasteiger partial charge < -0.3 is 10.1 Å². The minimum Gasteiger partial charge on any atom is -0.492 e. The minimum absolute atomic E-state index is 0.255. The largest absolute Gasteiger partial charge is 0.492 e. The van der Waals surface area contributed by atoms with Crippen LogP contribution in [-0.4, -0.2) is 19.2 Å². The van der Waals surface area contributed by atoms with E-state index in [1.807, 2.05) is 0 Å². The molecule has 1 rings (SSSR count). The van der Waals surface area contributed by atoms with Crippen molar-refractivity contribution in [3.63, 3.8) is 0 Å². The number of unbranched alkanes of at least 4 members (excludes halogenated alkanes) is 2. The topological polar surface area (TPSA) is 21.3 Å². The van der Waals surface area contributed by atoms with Crippen molar-refractivity contribution in [1.82, 2.24) is 5.32 Å². The molecule has 0 heterocycles. The summed E-state index contributed by atoms with van der Waals surface area (Å²) < 4.78 is 43.0. The van der Waals surface area contributed by atoms with Gasteiger partial charge in [0.05, 0.1) is 5.56 Å². The lowest BCUT2D eigenvalue weighted by molar-refractivity contribution is -0.137. The van der Waals surface area contributed by atoms with Crippen LogP contribution in [0.25, 0.3) is 0 Å². The van der Waals surface area contributed by atoms with Crippen molar-refractivity contribution in [3.8, 4) is 5.75 Å². The van der Waals surface area contributed by atoms with Crippen molar-refractivity contribution in [2.75, 3.05) is 13.2 Å². The van der Waals surface area contributed by atoms with E-state index in [1.54, 1.807) is 6.07 Å². The predicted molar refractivity (Wildman–Crippen MR) is 78.5 cm³/mol. The van der Waals surface area contributed by atoms with E-state index >= 15 is 0 Å². The first-order chi connectivity index (χ1) is 9.93. The number of rotatable bonds is 9. The number of alkyl halides is 3. The summed E-state index contributed by atoms with van der Waals surface area (Å²) >= 11 is 0. The normalized spacial score (nSPS) is 13.2. The van der Waals surface area contributed by atoms with Crippen LogP contribution in [0.4, 0.5) is 13.2 Å². The first-order valence-electron chi connectivity index (χ1n) is 7.47. The number of ether oxygens (including phenoxy) is 1. The maximum absolute atomic E-state index is 12.5. The average molecular weight is 303 g/mol. The molecule has 0 bridgehead atoms. The van der Waals surface area contributed by atoms with E-state index in [0.717, 1.165) is 18.6 Å². The van der Waals surface area contributed by atoms with E-state index in [9.17, 15) is 13.2 Å². The fourth-order valence-corrected chi connectivity index (χ4v) is 2.04. The van der Waals surface area contributed by atoms with E-state index in [1.165, 1.54) is 25.3 Å². The molecular weight excluding hydrogens is 279 g/mol. The molecule has 0 aliphatic carbocycles. The molecule has 0 aliphatic rings. The summed E-state index contributed by atoms with van der Waals surface area (Å²) in [5.41, 5.74) is -0.680. The first kappa shape index (κ1) is 17.8. The van der Waals surface area contributed by atoms with Crippen molar-refractivity contribution in [2.24, 2.45) is 0 Å². The van der Waals surface area contributed by atoms with E-state index in [4.69, 9.17) is 4.74 Å². The summed E-state index contributed by atoms with van der Waals surface area (Å²) in [6, 6.07) is 5.38. The highest BCUT2D eigenvalue weighted by Crippen LogP contribution is 2.31. The van der Waals surface area contributed by atoms with E-state index < -0.39 is 11.7 Å². The average Bonchev–Trinajstić information content (AvgIpc) is 2.43. The van der Waals surface area contributed by atoms with Crippen LogP contribution < -0.4 is 10.1 Å². The van der Waals surface area contributed by atoms with E-state index in [-0.39, 0.29) is 5.75 Å². The third-order valence-electron chi connectivity index (χ3n) is 3.27. The maximum Gasteiger partial charge on any atom is 0.416 e. The van der Waals surface area contributed by atoms with Gasteiger partial charge in [0.25, 0.3) is 0 Å². The second-order valence-corrected chi connectivity index (χ2v) is 5.23. The first-order valence-corrected chi connectivity index (χ1v) is 7.47. The fourth-order valence-electron chi connectivity index (χ4n) is 2.04. The molecule has 1 aromatic carbocycles. The molecule has 0 aromatic heterocycles. The van der Waals surface area contributed by atoms with Crippen LogP contribution in [-0.2, 0) is 6.18 Å². The van der Waals surface area contributed by atoms with Gasteiger partial charge in [-0.05, 0) is 31.5 Å². The Morgan fingerprint density at radius 3 is 2.67 bits per heavy atom. The Bertz CT molecular complexity index is 407. The molecule has 1 N–H and O–H groups in total. The lowest BCUT2D eigenvalue weighted by Crippen LogP contribution is -2.30. The van der Waals surface area contributed by atoms with Gasteiger partial charge in [-0.1, -0.05) is 32.3 Å². The van der Waals surface area contributed by atoms with Gasteiger partial charge >= 0.3 is 6.18 Å². The van der Waals surface area contributed by atoms with Crippen LogP contribution >= 0.6 is 0 Å². The summed E-state index contributed by atoms with van der Waals surface area (Å²) in [6.45, 7) is 5.27. The molecule has 0 aliphatic heterocycles. The van der Waals surface area contributed by atoms with Crippen LogP contribution in [0.3, 0.4) is 0 Å². The molecule has 0 saturated heterocycles. The van der Waals surface area contributed by atoms with Gasteiger partial charge in [0.1, 0.15) is 12.4 Å². The number of hydrogen-bond donors (Lipinski definition) is 1. The molecule has 1 aromatic rings. The molecule has 2 nitrogen and oxygen atoms in total. The second kappa shape index (κ2) is 8.93. The second-order valence-electron chi connectivity index (χ2n) is 5.23. The Labute approximate surface area is 124 Å². The van der Waals surface area contributed by atoms with Gasteiger partial charge in [-0.15, -0.1) is 0 Å². The van der Waals surface area contributed by atoms with Crippen molar-refractivity contribution >= 4 is 0 Å². The van der Waals surface area contributed by atoms with E-state index in [0.29, 0.717) is 19.2 Å². The Kier molecular flexibility index (Phi) is 7.57. The van der Waals surface area contributed by atoms with Crippen molar-refractivity contribution in [3.05, 3.63) is 29.8 Å². The van der Waals surface area contributed by atoms with Crippen LogP contribution in [0, 0.1) is 0 Å². The highest BCUT2D eigenvalue weighted by atomic mass is 19.4. The Hall–Kier alpha value is -1.23. The number of nitrogens with one attached hydrogen (secondary N) is 1. The SMILES string of the molecule is CCCCCC(C)NCCOc1cccc(C(F)(F)F)c1. The van der Waals surface area contributed by atoms with Gasteiger partial charge in [-0.25, -0.2) is 0 Å². The van der Waals surface area contributed by atoms with E-state index in [2.05, 4.69) is 19.2 Å². The summed E-state index contributed by atoms with van der Waals surface area (Å²) in [7, 11) is 0. The summed E-state index contributed by atoms with van der Waals surface area (Å²) in [5.74, 6) is 0.255. The monoisotopic (exact) mass is 303 g/mol. The molecule has 0 radical (unpaired) electrons. The summed E-state index contributed by atoms with van der Waals surface area (Å²) in [6.07, 6.45) is 0.403. The third kappa shape index (κ3) is 7.37.